The first-order valence-corrected chi connectivity index (χ1v) is 5.72. The molecule has 6 nitrogen and oxygen atoms in total. The van der Waals surface area contributed by atoms with Crippen LogP contribution in [0.2, 0.25) is 0 Å². The molecule has 1 aliphatic rings. The van der Waals surface area contributed by atoms with Gasteiger partial charge in [0, 0.05) is 32.5 Å². The molecule has 2 rings (SSSR count). The molecule has 1 unspecified atom stereocenters. The van der Waals surface area contributed by atoms with Crippen LogP contribution >= 0.6 is 0 Å². The molecule has 0 spiro atoms. The second-order valence-electron chi connectivity index (χ2n) is 4.39. The highest BCUT2D eigenvalue weighted by atomic mass is 16.5. The van der Waals surface area contributed by atoms with Crippen LogP contribution in [0.3, 0.4) is 0 Å². The summed E-state index contributed by atoms with van der Waals surface area (Å²) in [5, 5.41) is 7.01. The smallest absolute Gasteiger partial charge is 0.317 e. The Hall–Kier alpha value is -1.56. The molecular weight excluding hydrogens is 220 g/mol. The van der Waals surface area contributed by atoms with E-state index in [0.717, 1.165) is 18.6 Å². The summed E-state index contributed by atoms with van der Waals surface area (Å²) >= 11 is 0. The highest BCUT2D eigenvalue weighted by Gasteiger charge is 2.19. The Morgan fingerprint density at radius 1 is 1.76 bits per heavy atom. The van der Waals surface area contributed by atoms with Gasteiger partial charge in [-0.2, -0.15) is 5.10 Å². The van der Waals surface area contributed by atoms with Crippen molar-refractivity contribution in [3.05, 3.63) is 18.0 Å². The lowest BCUT2D eigenvalue weighted by molar-refractivity contribution is 0.181. The Morgan fingerprint density at radius 3 is 3.18 bits per heavy atom. The predicted molar refractivity (Wildman–Crippen MR) is 62.4 cm³/mol. The molecule has 94 valence electrons. The molecule has 17 heavy (non-hydrogen) atoms. The summed E-state index contributed by atoms with van der Waals surface area (Å²) in [4.78, 5) is 13.5. The molecule has 2 amide bonds. The van der Waals surface area contributed by atoms with Gasteiger partial charge < -0.3 is 15.0 Å². The molecule has 0 bridgehead atoms. The molecule has 1 aromatic rings. The van der Waals surface area contributed by atoms with Gasteiger partial charge in [-0.25, -0.2) is 4.79 Å². The lowest BCUT2D eigenvalue weighted by atomic mass is 10.3. The SMILES string of the molecule is CN(Cc1cnn(C)c1)C(=O)NC1CCOC1. The van der Waals surface area contributed by atoms with E-state index in [1.54, 1.807) is 22.8 Å². The molecular formula is C11H18N4O2. The predicted octanol–water partition coefficient (Wildman–Crippen LogP) is 0.350. The van der Waals surface area contributed by atoms with Crippen molar-refractivity contribution in [1.82, 2.24) is 20.0 Å². The standard InChI is InChI=1S/C11H18N4O2/c1-14(6-9-5-12-15(2)7-9)11(16)13-10-3-4-17-8-10/h5,7,10H,3-4,6,8H2,1-2H3,(H,13,16). The van der Waals surface area contributed by atoms with Crippen molar-refractivity contribution >= 4 is 6.03 Å². The summed E-state index contributed by atoms with van der Waals surface area (Å²) < 4.78 is 6.94. The van der Waals surface area contributed by atoms with E-state index in [1.165, 1.54) is 0 Å². The summed E-state index contributed by atoms with van der Waals surface area (Å²) in [6.07, 6.45) is 4.57. The number of ether oxygens (including phenoxy) is 1. The number of nitrogens with one attached hydrogen (secondary N) is 1. The zero-order valence-electron chi connectivity index (χ0n) is 10.2. The van der Waals surface area contributed by atoms with Gasteiger partial charge in [-0.3, -0.25) is 4.68 Å². The van der Waals surface area contributed by atoms with Crippen LogP contribution in [-0.4, -0.2) is 47.0 Å². The van der Waals surface area contributed by atoms with Crippen LogP contribution in [0, 0.1) is 0 Å². The van der Waals surface area contributed by atoms with Crippen LogP contribution in [0.5, 0.6) is 0 Å². The minimum atomic E-state index is -0.0654. The fourth-order valence-electron chi connectivity index (χ4n) is 1.83. The molecule has 0 radical (unpaired) electrons. The number of carbonyl (C=O) groups is 1. The summed E-state index contributed by atoms with van der Waals surface area (Å²) in [5.74, 6) is 0. The third-order valence-electron chi connectivity index (χ3n) is 2.78. The largest absolute Gasteiger partial charge is 0.379 e. The second-order valence-corrected chi connectivity index (χ2v) is 4.39. The Morgan fingerprint density at radius 2 is 2.59 bits per heavy atom. The quantitative estimate of drug-likeness (QED) is 0.826. The van der Waals surface area contributed by atoms with Gasteiger partial charge in [-0.15, -0.1) is 0 Å². The number of hydrogen-bond acceptors (Lipinski definition) is 3. The second kappa shape index (κ2) is 5.18. The van der Waals surface area contributed by atoms with Gasteiger partial charge in [-0.1, -0.05) is 0 Å². The molecule has 1 atom stereocenters. The topological polar surface area (TPSA) is 59.4 Å². The number of carbonyl (C=O) groups excluding carboxylic acids is 1. The molecule has 1 aliphatic heterocycles. The third-order valence-corrected chi connectivity index (χ3v) is 2.78. The van der Waals surface area contributed by atoms with Gasteiger partial charge in [0.15, 0.2) is 0 Å². The van der Waals surface area contributed by atoms with Crippen molar-refractivity contribution in [2.24, 2.45) is 7.05 Å². The van der Waals surface area contributed by atoms with E-state index < -0.39 is 0 Å². The molecule has 6 heteroatoms. The van der Waals surface area contributed by atoms with E-state index in [2.05, 4.69) is 10.4 Å². The summed E-state index contributed by atoms with van der Waals surface area (Å²) in [6, 6.07) is 0.0863. The first kappa shape index (κ1) is 11.9. The zero-order valence-corrected chi connectivity index (χ0v) is 10.2. The molecule has 2 heterocycles. The van der Waals surface area contributed by atoms with E-state index >= 15 is 0 Å². The number of urea groups is 1. The maximum absolute atomic E-state index is 11.8. The van der Waals surface area contributed by atoms with Crippen LogP contribution in [0.1, 0.15) is 12.0 Å². The number of aryl methyl sites for hydroxylation is 1. The highest BCUT2D eigenvalue weighted by molar-refractivity contribution is 5.74. The van der Waals surface area contributed by atoms with Crippen LogP contribution in [0.15, 0.2) is 12.4 Å². The van der Waals surface area contributed by atoms with Gasteiger partial charge >= 0.3 is 6.03 Å². The van der Waals surface area contributed by atoms with E-state index in [0.29, 0.717) is 13.2 Å². The molecule has 1 fully saturated rings. The van der Waals surface area contributed by atoms with Gasteiger partial charge in [0.1, 0.15) is 0 Å². The first-order chi connectivity index (χ1) is 8.15. The van der Waals surface area contributed by atoms with E-state index in [1.807, 2.05) is 13.2 Å². The van der Waals surface area contributed by atoms with Gasteiger partial charge in [-0.05, 0) is 6.42 Å². The number of aromatic nitrogens is 2. The maximum Gasteiger partial charge on any atom is 0.317 e. The fraction of sp³-hybridized carbons (Fsp3) is 0.636. The van der Waals surface area contributed by atoms with Crippen LogP contribution in [0.4, 0.5) is 4.79 Å². The molecule has 1 aromatic heterocycles. The monoisotopic (exact) mass is 238 g/mol. The van der Waals surface area contributed by atoms with E-state index in [4.69, 9.17) is 4.74 Å². The van der Waals surface area contributed by atoms with Gasteiger partial charge in [0.05, 0.1) is 25.4 Å². The summed E-state index contributed by atoms with van der Waals surface area (Å²) in [7, 11) is 3.64. The summed E-state index contributed by atoms with van der Waals surface area (Å²) in [5.41, 5.74) is 1.02. The normalized spacial score (nSPS) is 19.3. The number of amides is 2. The van der Waals surface area contributed by atoms with Crippen molar-refractivity contribution in [2.75, 3.05) is 20.3 Å². The molecule has 1 N–H and O–H groups in total. The summed E-state index contributed by atoms with van der Waals surface area (Å²) in [6.45, 7) is 1.91. The van der Waals surface area contributed by atoms with Crippen molar-refractivity contribution in [1.29, 1.82) is 0 Å². The van der Waals surface area contributed by atoms with Gasteiger partial charge in [0.25, 0.3) is 0 Å². The molecule has 1 saturated heterocycles. The van der Waals surface area contributed by atoms with Crippen LogP contribution < -0.4 is 5.32 Å². The number of nitrogens with zero attached hydrogens (tertiary/aromatic N) is 3. The Labute approximate surface area is 101 Å². The zero-order chi connectivity index (χ0) is 12.3. The minimum Gasteiger partial charge on any atom is -0.379 e. The average molecular weight is 238 g/mol. The third kappa shape index (κ3) is 3.20. The lowest BCUT2D eigenvalue weighted by Crippen LogP contribution is -2.42. The van der Waals surface area contributed by atoms with Crippen LogP contribution in [0.25, 0.3) is 0 Å². The highest BCUT2D eigenvalue weighted by Crippen LogP contribution is 2.05. The van der Waals surface area contributed by atoms with E-state index in [9.17, 15) is 4.79 Å². The minimum absolute atomic E-state index is 0.0654. The lowest BCUT2D eigenvalue weighted by Gasteiger charge is -2.19. The Balaban J connectivity index is 1.82. The maximum atomic E-state index is 11.8. The van der Waals surface area contributed by atoms with Crippen molar-refractivity contribution in [2.45, 2.75) is 19.0 Å². The number of hydrogen-bond donors (Lipinski definition) is 1. The van der Waals surface area contributed by atoms with Crippen molar-refractivity contribution in [3.63, 3.8) is 0 Å². The average Bonchev–Trinajstić information content (AvgIpc) is 2.90. The van der Waals surface area contributed by atoms with Crippen molar-refractivity contribution in [3.8, 4) is 0 Å². The van der Waals surface area contributed by atoms with Crippen molar-refractivity contribution < 1.29 is 9.53 Å². The number of rotatable bonds is 3. The Kier molecular flexibility index (Phi) is 3.63. The molecule has 0 aliphatic carbocycles. The van der Waals surface area contributed by atoms with Crippen LogP contribution in [-0.2, 0) is 18.3 Å². The molecule has 0 aromatic carbocycles. The Bertz CT molecular complexity index is 385. The molecule has 0 saturated carbocycles. The van der Waals surface area contributed by atoms with Gasteiger partial charge in [0.2, 0.25) is 0 Å². The first-order valence-electron chi connectivity index (χ1n) is 5.72. The van der Waals surface area contributed by atoms with E-state index in [-0.39, 0.29) is 12.1 Å². The fourth-order valence-corrected chi connectivity index (χ4v) is 1.83.